The van der Waals surface area contributed by atoms with Crippen molar-refractivity contribution in [1.82, 2.24) is 9.88 Å². The zero-order valence-electron chi connectivity index (χ0n) is 16.0. The lowest BCUT2D eigenvalue weighted by Gasteiger charge is -2.47. The van der Waals surface area contributed by atoms with Crippen molar-refractivity contribution >= 4 is 5.69 Å². The van der Waals surface area contributed by atoms with Crippen molar-refractivity contribution in [2.24, 2.45) is 17.3 Å². The smallest absolute Gasteiger partial charge is 0.0875 e. The van der Waals surface area contributed by atoms with Gasteiger partial charge >= 0.3 is 0 Å². The number of nitrogens with one attached hydrogen (secondary N) is 1. The monoisotopic (exact) mass is 315 g/mol. The minimum Gasteiger partial charge on any atom is -0.369 e. The summed E-state index contributed by atoms with van der Waals surface area (Å²) < 4.78 is 0. The zero-order chi connectivity index (χ0) is 17.2. The molecule has 2 aliphatic heterocycles. The molecule has 3 heterocycles. The topological polar surface area (TPSA) is 28.2 Å². The molecule has 4 unspecified atom stereocenters. The third-order valence-corrected chi connectivity index (χ3v) is 5.66. The first kappa shape index (κ1) is 16.8. The zero-order valence-corrected chi connectivity index (χ0v) is 16.0. The van der Waals surface area contributed by atoms with Crippen LogP contribution in [0.2, 0.25) is 0 Å². The van der Waals surface area contributed by atoms with Gasteiger partial charge in [0, 0.05) is 41.1 Å². The Morgan fingerprint density at radius 3 is 2.30 bits per heavy atom. The van der Waals surface area contributed by atoms with Gasteiger partial charge in [0.25, 0.3) is 0 Å². The molecule has 1 saturated heterocycles. The molecule has 1 aromatic rings. The van der Waals surface area contributed by atoms with Gasteiger partial charge in [0.2, 0.25) is 0 Å². The Balaban J connectivity index is 2.16. The Labute approximate surface area is 141 Å². The molecular weight excluding hydrogens is 282 g/mol. The van der Waals surface area contributed by atoms with E-state index in [4.69, 9.17) is 0 Å². The number of likely N-dealkylation sites (tertiary alicyclic amines) is 1. The standard InChI is InChI=1S/C20H33N3/c1-12(2)15-16-13-11-21-10-9-14(13)22-18(16)23(20(6,7)8)17(15)19(3,4)5/h9-12,15-18,22H,1-8H3. The van der Waals surface area contributed by atoms with Crippen molar-refractivity contribution in [2.75, 3.05) is 5.32 Å². The lowest BCUT2D eigenvalue weighted by atomic mass is 9.70. The summed E-state index contributed by atoms with van der Waals surface area (Å²) in [6, 6.07) is 2.69. The van der Waals surface area contributed by atoms with Crippen molar-refractivity contribution in [2.45, 2.75) is 79.1 Å². The Hall–Kier alpha value is -1.09. The summed E-state index contributed by atoms with van der Waals surface area (Å²) >= 11 is 0. The van der Waals surface area contributed by atoms with E-state index in [2.05, 4.69) is 82.9 Å². The minimum atomic E-state index is 0.132. The molecule has 4 atom stereocenters. The molecule has 2 aliphatic rings. The van der Waals surface area contributed by atoms with Crippen LogP contribution >= 0.6 is 0 Å². The van der Waals surface area contributed by atoms with Crippen LogP contribution in [0.15, 0.2) is 18.5 Å². The van der Waals surface area contributed by atoms with Crippen LogP contribution in [-0.4, -0.2) is 27.6 Å². The fourth-order valence-corrected chi connectivity index (χ4v) is 5.05. The molecule has 0 radical (unpaired) electrons. The number of anilines is 1. The van der Waals surface area contributed by atoms with Gasteiger partial charge in [-0.1, -0.05) is 34.6 Å². The Morgan fingerprint density at radius 1 is 1.13 bits per heavy atom. The second kappa shape index (κ2) is 5.20. The van der Waals surface area contributed by atoms with Crippen molar-refractivity contribution in [3.63, 3.8) is 0 Å². The largest absolute Gasteiger partial charge is 0.369 e. The number of nitrogens with zero attached hydrogens (tertiary/aromatic N) is 2. The molecule has 23 heavy (non-hydrogen) atoms. The first-order chi connectivity index (χ1) is 10.5. The molecule has 1 N–H and O–H groups in total. The molecule has 3 heteroatoms. The summed E-state index contributed by atoms with van der Waals surface area (Å²) in [6.07, 6.45) is 4.37. The van der Waals surface area contributed by atoms with Crippen LogP contribution in [-0.2, 0) is 0 Å². The van der Waals surface area contributed by atoms with Crippen LogP contribution < -0.4 is 5.32 Å². The highest BCUT2D eigenvalue weighted by molar-refractivity contribution is 5.59. The lowest BCUT2D eigenvalue weighted by molar-refractivity contribution is 0.0123. The molecule has 0 spiro atoms. The Kier molecular flexibility index (Phi) is 3.79. The minimum absolute atomic E-state index is 0.132. The van der Waals surface area contributed by atoms with Gasteiger partial charge in [0.05, 0.1) is 6.17 Å². The number of hydrogen-bond acceptors (Lipinski definition) is 3. The first-order valence-corrected chi connectivity index (χ1v) is 9.02. The predicted molar refractivity (Wildman–Crippen MR) is 97.6 cm³/mol. The number of fused-ring (bicyclic) bond motifs is 3. The van der Waals surface area contributed by atoms with Gasteiger partial charge in [-0.3, -0.25) is 9.88 Å². The Morgan fingerprint density at radius 2 is 1.78 bits per heavy atom. The molecule has 0 aliphatic carbocycles. The van der Waals surface area contributed by atoms with Gasteiger partial charge in [0.15, 0.2) is 0 Å². The van der Waals surface area contributed by atoms with Gasteiger partial charge in [-0.15, -0.1) is 0 Å². The van der Waals surface area contributed by atoms with Crippen LogP contribution in [0.25, 0.3) is 0 Å². The van der Waals surface area contributed by atoms with Gasteiger partial charge in [0.1, 0.15) is 0 Å². The van der Waals surface area contributed by atoms with Crippen LogP contribution in [0.3, 0.4) is 0 Å². The highest BCUT2D eigenvalue weighted by atomic mass is 15.4. The van der Waals surface area contributed by atoms with Crippen molar-refractivity contribution in [1.29, 1.82) is 0 Å². The van der Waals surface area contributed by atoms with E-state index in [-0.39, 0.29) is 11.0 Å². The number of pyridine rings is 1. The maximum atomic E-state index is 4.43. The van der Waals surface area contributed by atoms with Crippen LogP contribution in [0.5, 0.6) is 0 Å². The van der Waals surface area contributed by atoms with Crippen LogP contribution in [0.4, 0.5) is 5.69 Å². The molecule has 3 nitrogen and oxygen atoms in total. The van der Waals surface area contributed by atoms with E-state index in [1.807, 2.05) is 6.20 Å². The fraction of sp³-hybridized carbons (Fsp3) is 0.750. The summed E-state index contributed by atoms with van der Waals surface area (Å²) in [5.41, 5.74) is 3.07. The highest BCUT2D eigenvalue weighted by Gasteiger charge is 2.59. The third kappa shape index (κ3) is 2.57. The van der Waals surface area contributed by atoms with Crippen LogP contribution in [0, 0.1) is 17.3 Å². The van der Waals surface area contributed by atoms with Crippen molar-refractivity contribution in [3.8, 4) is 0 Å². The molecule has 0 saturated carbocycles. The van der Waals surface area contributed by atoms with E-state index in [0.717, 1.165) is 0 Å². The average molecular weight is 316 g/mol. The second-order valence-corrected chi connectivity index (χ2v) is 9.79. The molecule has 1 fully saturated rings. The van der Waals surface area contributed by atoms with E-state index >= 15 is 0 Å². The first-order valence-electron chi connectivity index (χ1n) is 9.02. The average Bonchev–Trinajstić information content (AvgIpc) is 2.89. The highest BCUT2D eigenvalue weighted by Crippen LogP contribution is 2.57. The summed E-state index contributed by atoms with van der Waals surface area (Å²) in [7, 11) is 0. The summed E-state index contributed by atoms with van der Waals surface area (Å²) in [5, 5.41) is 3.83. The quantitative estimate of drug-likeness (QED) is 0.813. The van der Waals surface area contributed by atoms with Gasteiger partial charge in [-0.25, -0.2) is 0 Å². The molecule has 0 aromatic carbocycles. The molecule has 3 rings (SSSR count). The summed E-state index contributed by atoms with van der Waals surface area (Å²) in [4.78, 5) is 7.18. The molecular formula is C20H33N3. The predicted octanol–water partition coefficient (Wildman–Crippen LogP) is 4.72. The Bertz CT molecular complexity index is 579. The van der Waals surface area contributed by atoms with Crippen molar-refractivity contribution in [3.05, 3.63) is 24.0 Å². The second-order valence-electron chi connectivity index (χ2n) is 9.79. The number of hydrogen-bond donors (Lipinski definition) is 1. The molecule has 128 valence electrons. The molecule has 0 amide bonds. The van der Waals surface area contributed by atoms with Gasteiger partial charge in [-0.05, 0) is 44.1 Å². The maximum absolute atomic E-state index is 4.43. The number of aromatic nitrogens is 1. The van der Waals surface area contributed by atoms with Crippen LogP contribution in [0.1, 0.15) is 66.9 Å². The van der Waals surface area contributed by atoms with Gasteiger partial charge in [-0.2, -0.15) is 0 Å². The molecule has 0 bridgehead atoms. The van der Waals surface area contributed by atoms with E-state index in [1.54, 1.807) is 0 Å². The van der Waals surface area contributed by atoms with E-state index in [9.17, 15) is 0 Å². The SMILES string of the molecule is CC(C)C1C2c3cnccc3NC2N(C(C)(C)C)C1C(C)(C)C. The third-order valence-electron chi connectivity index (χ3n) is 5.66. The van der Waals surface area contributed by atoms with E-state index in [0.29, 0.717) is 30.0 Å². The summed E-state index contributed by atoms with van der Waals surface area (Å²) in [5.74, 6) is 1.81. The van der Waals surface area contributed by atoms with E-state index in [1.165, 1.54) is 11.3 Å². The van der Waals surface area contributed by atoms with Gasteiger partial charge < -0.3 is 5.32 Å². The molecule has 1 aromatic heterocycles. The van der Waals surface area contributed by atoms with Crippen molar-refractivity contribution < 1.29 is 0 Å². The maximum Gasteiger partial charge on any atom is 0.0875 e. The number of rotatable bonds is 1. The normalized spacial score (nSPS) is 31.2. The summed E-state index contributed by atoms with van der Waals surface area (Å²) in [6.45, 7) is 19.0. The van der Waals surface area contributed by atoms with E-state index < -0.39 is 0 Å². The lowest BCUT2D eigenvalue weighted by Crippen LogP contribution is -2.56. The fourth-order valence-electron chi connectivity index (χ4n) is 5.05.